The lowest BCUT2D eigenvalue weighted by atomic mass is 10.1. The van der Waals surface area contributed by atoms with E-state index >= 15 is 0 Å². The number of anilines is 1. The third kappa shape index (κ3) is 3.60. The number of carbonyl (C=O) groups is 1. The summed E-state index contributed by atoms with van der Waals surface area (Å²) in [5.41, 5.74) is 2.95. The first-order valence-corrected chi connectivity index (χ1v) is 9.53. The summed E-state index contributed by atoms with van der Waals surface area (Å²) in [7, 11) is 1.90. The van der Waals surface area contributed by atoms with Crippen molar-refractivity contribution in [2.75, 3.05) is 38.1 Å². The Morgan fingerprint density at radius 1 is 1.31 bits per heavy atom. The summed E-state index contributed by atoms with van der Waals surface area (Å²) in [6, 6.07) is 12.5. The lowest BCUT2D eigenvalue weighted by molar-refractivity contribution is 0.0769. The maximum atomic E-state index is 12.8. The molecule has 6 nitrogen and oxygen atoms in total. The van der Waals surface area contributed by atoms with Gasteiger partial charge in [0.15, 0.2) is 5.69 Å². The zero-order valence-electron chi connectivity index (χ0n) is 15.4. The van der Waals surface area contributed by atoms with Crippen molar-refractivity contribution in [3.63, 3.8) is 0 Å². The highest BCUT2D eigenvalue weighted by Gasteiger charge is 2.26. The summed E-state index contributed by atoms with van der Waals surface area (Å²) >= 11 is 0. The second-order valence-corrected chi connectivity index (χ2v) is 7.40. The molecule has 0 radical (unpaired) electrons. The molecule has 2 aromatic rings. The monoisotopic (exact) mass is 353 g/mol. The van der Waals surface area contributed by atoms with Gasteiger partial charge >= 0.3 is 0 Å². The molecule has 1 N–H and O–H groups in total. The van der Waals surface area contributed by atoms with Crippen molar-refractivity contribution in [2.45, 2.75) is 25.9 Å². The first-order valence-electron chi connectivity index (χ1n) is 9.53. The molecular formula is C20H27N5O. The Labute approximate surface area is 154 Å². The number of rotatable bonds is 4. The number of nitrogens with one attached hydrogen (secondary N) is 1. The van der Waals surface area contributed by atoms with Crippen LogP contribution in [0.25, 0.3) is 0 Å². The number of hydrogen-bond donors (Lipinski definition) is 1. The number of aromatic nitrogens is 2. The van der Waals surface area contributed by atoms with Crippen molar-refractivity contribution in [1.29, 1.82) is 0 Å². The van der Waals surface area contributed by atoms with Crippen LogP contribution in [0, 0.1) is 5.92 Å². The largest absolute Gasteiger partial charge is 0.371 e. The fourth-order valence-corrected chi connectivity index (χ4v) is 3.99. The molecule has 0 saturated carbocycles. The van der Waals surface area contributed by atoms with Crippen LogP contribution in [0.2, 0.25) is 0 Å². The van der Waals surface area contributed by atoms with E-state index in [2.05, 4.69) is 39.6 Å². The van der Waals surface area contributed by atoms with Crippen LogP contribution in [0.4, 0.5) is 5.69 Å². The molecule has 2 aliphatic heterocycles. The molecule has 1 amide bonds. The van der Waals surface area contributed by atoms with Gasteiger partial charge in [0.25, 0.3) is 5.91 Å². The fourth-order valence-electron chi connectivity index (χ4n) is 3.99. The molecule has 1 fully saturated rings. The van der Waals surface area contributed by atoms with Crippen LogP contribution >= 0.6 is 0 Å². The topological polar surface area (TPSA) is 53.4 Å². The third-order valence-electron chi connectivity index (χ3n) is 5.40. The van der Waals surface area contributed by atoms with E-state index in [9.17, 15) is 4.79 Å². The first kappa shape index (κ1) is 17.1. The van der Waals surface area contributed by atoms with Gasteiger partial charge in [0, 0.05) is 45.5 Å². The van der Waals surface area contributed by atoms with E-state index < -0.39 is 0 Å². The molecule has 3 heterocycles. The lowest BCUT2D eigenvalue weighted by Crippen LogP contribution is -2.33. The van der Waals surface area contributed by atoms with Crippen molar-refractivity contribution < 1.29 is 4.79 Å². The molecule has 1 atom stereocenters. The smallest absolute Gasteiger partial charge is 0.274 e. The van der Waals surface area contributed by atoms with Gasteiger partial charge in [-0.2, -0.15) is 5.10 Å². The zero-order chi connectivity index (χ0) is 17.9. The Kier molecular flexibility index (Phi) is 4.93. The van der Waals surface area contributed by atoms with E-state index in [-0.39, 0.29) is 5.91 Å². The molecule has 2 aliphatic rings. The number of hydrogen-bond acceptors (Lipinski definition) is 4. The van der Waals surface area contributed by atoms with Gasteiger partial charge in [-0.1, -0.05) is 18.2 Å². The van der Waals surface area contributed by atoms with E-state index in [1.165, 1.54) is 5.69 Å². The summed E-state index contributed by atoms with van der Waals surface area (Å²) in [6.45, 7) is 5.52. The SMILES string of the molecule is CN(C[C@@H]1CCN(c2ccccc2)C1)C(=O)c1cc2n(n1)CCCNC2. The van der Waals surface area contributed by atoms with Gasteiger partial charge in [-0.05, 0) is 43.5 Å². The van der Waals surface area contributed by atoms with Crippen LogP contribution < -0.4 is 10.2 Å². The van der Waals surface area contributed by atoms with Crippen LogP contribution in [0.1, 0.15) is 29.0 Å². The predicted octanol–water partition coefficient (Wildman–Crippen LogP) is 1.97. The molecule has 0 spiro atoms. The Hall–Kier alpha value is -2.34. The lowest BCUT2D eigenvalue weighted by Gasteiger charge is -2.22. The van der Waals surface area contributed by atoms with Gasteiger partial charge in [-0.3, -0.25) is 9.48 Å². The van der Waals surface area contributed by atoms with Gasteiger partial charge in [-0.15, -0.1) is 0 Å². The van der Waals surface area contributed by atoms with Crippen molar-refractivity contribution in [3.05, 3.63) is 47.8 Å². The second-order valence-electron chi connectivity index (χ2n) is 7.40. The Morgan fingerprint density at radius 2 is 2.15 bits per heavy atom. The number of amides is 1. The quantitative estimate of drug-likeness (QED) is 0.913. The fraction of sp³-hybridized carbons (Fsp3) is 0.500. The zero-order valence-corrected chi connectivity index (χ0v) is 15.4. The van der Waals surface area contributed by atoms with Crippen LogP contribution in [0.15, 0.2) is 36.4 Å². The minimum absolute atomic E-state index is 0.0312. The number of carbonyl (C=O) groups excluding carboxylic acids is 1. The van der Waals surface area contributed by atoms with Gasteiger partial charge in [0.1, 0.15) is 0 Å². The normalized spacial score (nSPS) is 19.9. The summed E-state index contributed by atoms with van der Waals surface area (Å²) in [4.78, 5) is 17.1. The minimum Gasteiger partial charge on any atom is -0.371 e. The summed E-state index contributed by atoms with van der Waals surface area (Å²) in [5, 5.41) is 7.92. The van der Waals surface area contributed by atoms with Crippen LogP contribution in [0.3, 0.4) is 0 Å². The van der Waals surface area contributed by atoms with Crippen LogP contribution in [0.5, 0.6) is 0 Å². The van der Waals surface area contributed by atoms with Crippen molar-refractivity contribution in [1.82, 2.24) is 20.0 Å². The van der Waals surface area contributed by atoms with E-state index in [0.717, 1.165) is 57.8 Å². The summed E-state index contributed by atoms with van der Waals surface area (Å²) in [5.74, 6) is 0.537. The van der Waals surface area contributed by atoms with Crippen molar-refractivity contribution in [3.8, 4) is 0 Å². The predicted molar refractivity (Wildman–Crippen MR) is 102 cm³/mol. The Bertz CT molecular complexity index is 733. The molecule has 138 valence electrons. The standard InChI is InChI=1S/C20H27N5O/c1-23(14-16-8-11-24(15-16)17-6-3-2-4-7-17)20(26)19-12-18-13-21-9-5-10-25(18)22-19/h2-4,6-7,12,16,21H,5,8-11,13-15H2,1H3/t16-/m0/s1. The van der Waals surface area contributed by atoms with E-state index in [0.29, 0.717) is 11.6 Å². The van der Waals surface area contributed by atoms with Crippen LogP contribution in [-0.2, 0) is 13.1 Å². The maximum absolute atomic E-state index is 12.8. The molecule has 0 unspecified atom stereocenters. The van der Waals surface area contributed by atoms with Crippen molar-refractivity contribution >= 4 is 11.6 Å². The maximum Gasteiger partial charge on any atom is 0.274 e. The molecule has 1 aromatic heterocycles. The molecular weight excluding hydrogens is 326 g/mol. The average Bonchev–Trinajstić information content (AvgIpc) is 3.24. The van der Waals surface area contributed by atoms with Crippen molar-refractivity contribution in [2.24, 2.45) is 5.92 Å². The first-order chi connectivity index (χ1) is 12.7. The van der Waals surface area contributed by atoms with Crippen LogP contribution in [-0.4, -0.2) is 53.8 Å². The molecule has 4 rings (SSSR count). The number of aryl methyl sites for hydroxylation is 1. The number of para-hydroxylation sites is 1. The molecule has 1 saturated heterocycles. The highest BCUT2D eigenvalue weighted by molar-refractivity contribution is 5.92. The minimum atomic E-state index is 0.0312. The highest BCUT2D eigenvalue weighted by Crippen LogP contribution is 2.24. The summed E-state index contributed by atoms with van der Waals surface area (Å²) in [6.07, 6.45) is 2.17. The second kappa shape index (κ2) is 7.50. The molecule has 0 aliphatic carbocycles. The number of benzene rings is 1. The molecule has 26 heavy (non-hydrogen) atoms. The van der Waals surface area contributed by atoms with E-state index in [1.54, 1.807) is 0 Å². The Morgan fingerprint density at radius 3 is 3.00 bits per heavy atom. The molecule has 1 aromatic carbocycles. The van der Waals surface area contributed by atoms with Gasteiger partial charge in [0.2, 0.25) is 0 Å². The van der Waals surface area contributed by atoms with Gasteiger partial charge in [0.05, 0.1) is 5.69 Å². The summed E-state index contributed by atoms with van der Waals surface area (Å²) < 4.78 is 1.98. The van der Waals surface area contributed by atoms with E-state index in [4.69, 9.17) is 0 Å². The molecule has 0 bridgehead atoms. The number of fused-ring (bicyclic) bond motifs is 1. The third-order valence-corrected chi connectivity index (χ3v) is 5.40. The van der Waals surface area contributed by atoms with E-state index in [1.807, 2.05) is 28.8 Å². The molecule has 6 heteroatoms. The van der Waals surface area contributed by atoms with Gasteiger partial charge < -0.3 is 15.1 Å². The van der Waals surface area contributed by atoms with Gasteiger partial charge in [-0.25, -0.2) is 0 Å². The highest BCUT2D eigenvalue weighted by atomic mass is 16.2. The Balaban J connectivity index is 1.36. The average molecular weight is 353 g/mol. The number of nitrogens with zero attached hydrogens (tertiary/aromatic N) is 4.